The number of aromatic nitrogens is 1. The minimum absolute atomic E-state index is 0.263. The number of benzene rings is 1. The van der Waals surface area contributed by atoms with Crippen LogP contribution in [0.15, 0.2) is 18.2 Å². The van der Waals surface area contributed by atoms with Gasteiger partial charge >= 0.3 is 0 Å². The van der Waals surface area contributed by atoms with Crippen molar-refractivity contribution in [1.82, 2.24) is 4.98 Å². The van der Waals surface area contributed by atoms with Gasteiger partial charge in [0.1, 0.15) is 0 Å². The highest BCUT2D eigenvalue weighted by molar-refractivity contribution is 5.86. The second-order valence-electron chi connectivity index (χ2n) is 4.12. The van der Waals surface area contributed by atoms with Gasteiger partial charge in [0.15, 0.2) is 0 Å². The molecule has 1 aromatic carbocycles. The van der Waals surface area contributed by atoms with E-state index >= 15 is 0 Å². The molecule has 0 aliphatic heterocycles. The average Bonchev–Trinajstić information content (AvgIpc) is 2.67. The van der Waals surface area contributed by atoms with E-state index in [1.807, 2.05) is 0 Å². The zero-order valence-corrected chi connectivity index (χ0v) is 8.17. The summed E-state index contributed by atoms with van der Waals surface area (Å²) >= 11 is 0. The highest BCUT2D eigenvalue weighted by atomic mass is 16.3. The summed E-state index contributed by atoms with van der Waals surface area (Å²) in [6.45, 7) is 2.08. The summed E-state index contributed by atoms with van der Waals surface area (Å²) in [7, 11) is 0. The topological polar surface area (TPSA) is 36.0 Å². The van der Waals surface area contributed by atoms with Crippen molar-refractivity contribution in [3.63, 3.8) is 0 Å². The molecule has 1 aliphatic carbocycles. The van der Waals surface area contributed by atoms with Gasteiger partial charge in [-0.15, -0.1) is 0 Å². The average molecular weight is 187 g/mol. The predicted molar refractivity (Wildman–Crippen MR) is 56.3 cm³/mol. The first-order valence-electron chi connectivity index (χ1n) is 5.05. The molecule has 0 spiro atoms. The Hall–Kier alpha value is -1.28. The predicted octanol–water partition coefficient (Wildman–Crippen LogP) is 2.46. The number of aliphatic hydroxyl groups excluding tert-OH is 1. The van der Waals surface area contributed by atoms with Crippen LogP contribution >= 0.6 is 0 Å². The van der Waals surface area contributed by atoms with E-state index in [1.54, 1.807) is 0 Å². The fourth-order valence-electron chi connectivity index (χ4n) is 2.39. The molecule has 0 saturated heterocycles. The van der Waals surface area contributed by atoms with Gasteiger partial charge in [-0.1, -0.05) is 11.6 Å². The number of aromatic amines is 1. The van der Waals surface area contributed by atoms with Gasteiger partial charge in [-0.3, -0.25) is 0 Å². The number of H-pyrrole nitrogens is 1. The number of fused-ring (bicyclic) bond motifs is 3. The van der Waals surface area contributed by atoms with Crippen LogP contribution in [0.3, 0.4) is 0 Å². The highest BCUT2D eigenvalue weighted by Crippen LogP contribution is 2.36. The minimum Gasteiger partial charge on any atom is -0.388 e. The number of aliphatic hydroxyl groups is 1. The summed E-state index contributed by atoms with van der Waals surface area (Å²) in [6.07, 6.45) is 1.58. The largest absolute Gasteiger partial charge is 0.388 e. The molecule has 2 N–H and O–H groups in total. The molecule has 2 nitrogen and oxygen atoms in total. The lowest BCUT2D eigenvalue weighted by Crippen LogP contribution is -1.88. The summed E-state index contributed by atoms with van der Waals surface area (Å²) in [5.74, 6) is 0. The Morgan fingerprint density at radius 1 is 1.43 bits per heavy atom. The molecule has 1 unspecified atom stereocenters. The molecular formula is C12H13NO. The number of hydrogen-bond acceptors (Lipinski definition) is 1. The van der Waals surface area contributed by atoms with Gasteiger partial charge in [0.2, 0.25) is 0 Å². The van der Waals surface area contributed by atoms with Crippen LogP contribution in [-0.4, -0.2) is 10.1 Å². The van der Waals surface area contributed by atoms with Gasteiger partial charge in [-0.2, -0.15) is 0 Å². The van der Waals surface area contributed by atoms with Crippen LogP contribution in [0, 0.1) is 6.92 Å². The fourth-order valence-corrected chi connectivity index (χ4v) is 2.39. The standard InChI is InChI=1S/C12H13NO/c1-7-2-3-9-8(6-7)12-10(13-9)4-5-11(12)14/h2-3,6,11,13-14H,4-5H2,1H3. The van der Waals surface area contributed by atoms with Crippen LogP contribution in [-0.2, 0) is 6.42 Å². The monoisotopic (exact) mass is 187 g/mol. The van der Waals surface area contributed by atoms with E-state index in [0.29, 0.717) is 0 Å². The van der Waals surface area contributed by atoms with Crippen LogP contribution in [0.25, 0.3) is 10.9 Å². The highest BCUT2D eigenvalue weighted by Gasteiger charge is 2.24. The first-order chi connectivity index (χ1) is 6.75. The Balaban J connectivity index is 2.38. The molecule has 3 rings (SSSR count). The fraction of sp³-hybridized carbons (Fsp3) is 0.333. The van der Waals surface area contributed by atoms with E-state index in [-0.39, 0.29) is 6.10 Å². The molecule has 1 aromatic heterocycles. The molecule has 0 fully saturated rings. The molecule has 14 heavy (non-hydrogen) atoms. The normalized spacial score (nSPS) is 20.3. The molecule has 1 heterocycles. The maximum atomic E-state index is 9.84. The molecule has 72 valence electrons. The molecule has 2 heteroatoms. The maximum absolute atomic E-state index is 9.84. The summed E-state index contributed by atoms with van der Waals surface area (Å²) in [6, 6.07) is 6.34. The van der Waals surface area contributed by atoms with Gasteiger partial charge < -0.3 is 10.1 Å². The second-order valence-corrected chi connectivity index (χ2v) is 4.12. The summed E-state index contributed by atoms with van der Waals surface area (Å²) in [5.41, 5.74) is 4.75. The van der Waals surface area contributed by atoms with E-state index in [2.05, 4.69) is 30.1 Å². The number of hydrogen-bond donors (Lipinski definition) is 2. The molecule has 0 saturated carbocycles. The summed E-state index contributed by atoms with van der Waals surface area (Å²) in [5, 5.41) is 11.0. The SMILES string of the molecule is Cc1ccc2[nH]c3c(c2c1)C(O)CC3. The zero-order valence-electron chi connectivity index (χ0n) is 8.17. The van der Waals surface area contributed by atoms with Crippen LogP contribution in [0.2, 0.25) is 0 Å². The smallest absolute Gasteiger partial charge is 0.0817 e. The summed E-state index contributed by atoms with van der Waals surface area (Å²) < 4.78 is 0. The summed E-state index contributed by atoms with van der Waals surface area (Å²) in [4.78, 5) is 3.37. The van der Waals surface area contributed by atoms with Crippen molar-refractivity contribution >= 4 is 10.9 Å². The molecular weight excluding hydrogens is 174 g/mol. The molecule has 0 radical (unpaired) electrons. The van der Waals surface area contributed by atoms with Gasteiger partial charge in [0, 0.05) is 22.2 Å². The van der Waals surface area contributed by atoms with Crippen LogP contribution in [0.1, 0.15) is 29.3 Å². The number of aryl methyl sites for hydroxylation is 2. The lowest BCUT2D eigenvalue weighted by Gasteiger charge is -2.02. The van der Waals surface area contributed by atoms with Crippen LogP contribution < -0.4 is 0 Å². The quantitative estimate of drug-likeness (QED) is 0.653. The van der Waals surface area contributed by atoms with E-state index in [0.717, 1.165) is 23.9 Å². The van der Waals surface area contributed by atoms with Gasteiger partial charge in [-0.05, 0) is 31.9 Å². The Morgan fingerprint density at radius 2 is 2.29 bits per heavy atom. The Morgan fingerprint density at radius 3 is 3.14 bits per heavy atom. The van der Waals surface area contributed by atoms with Crippen molar-refractivity contribution in [2.75, 3.05) is 0 Å². The van der Waals surface area contributed by atoms with Crippen LogP contribution in [0.5, 0.6) is 0 Å². The van der Waals surface area contributed by atoms with Crippen molar-refractivity contribution < 1.29 is 5.11 Å². The van der Waals surface area contributed by atoms with E-state index in [4.69, 9.17) is 0 Å². The third-order valence-corrected chi connectivity index (χ3v) is 3.08. The number of nitrogens with one attached hydrogen (secondary N) is 1. The molecule has 0 amide bonds. The van der Waals surface area contributed by atoms with E-state index in [1.165, 1.54) is 16.6 Å². The van der Waals surface area contributed by atoms with Gasteiger partial charge in [-0.25, -0.2) is 0 Å². The van der Waals surface area contributed by atoms with Crippen molar-refractivity contribution in [2.45, 2.75) is 25.9 Å². The Kier molecular flexibility index (Phi) is 1.50. The van der Waals surface area contributed by atoms with Gasteiger partial charge in [0.05, 0.1) is 6.10 Å². The molecule has 0 bridgehead atoms. The lowest BCUT2D eigenvalue weighted by atomic mass is 10.1. The van der Waals surface area contributed by atoms with E-state index in [9.17, 15) is 5.11 Å². The van der Waals surface area contributed by atoms with Crippen molar-refractivity contribution in [3.05, 3.63) is 35.0 Å². The Labute approximate surface area is 82.6 Å². The molecule has 1 atom stereocenters. The lowest BCUT2D eigenvalue weighted by molar-refractivity contribution is 0.181. The molecule has 1 aliphatic rings. The molecule has 2 aromatic rings. The minimum atomic E-state index is -0.263. The first kappa shape index (κ1) is 8.06. The van der Waals surface area contributed by atoms with Crippen molar-refractivity contribution in [3.8, 4) is 0 Å². The van der Waals surface area contributed by atoms with Crippen molar-refractivity contribution in [1.29, 1.82) is 0 Å². The first-order valence-corrected chi connectivity index (χ1v) is 5.05. The third-order valence-electron chi connectivity index (χ3n) is 3.08. The number of rotatable bonds is 0. The van der Waals surface area contributed by atoms with Gasteiger partial charge in [0.25, 0.3) is 0 Å². The van der Waals surface area contributed by atoms with Crippen LogP contribution in [0.4, 0.5) is 0 Å². The second kappa shape index (κ2) is 2.61. The maximum Gasteiger partial charge on any atom is 0.0817 e. The van der Waals surface area contributed by atoms with Crippen molar-refractivity contribution in [2.24, 2.45) is 0 Å². The third kappa shape index (κ3) is 0.946. The zero-order chi connectivity index (χ0) is 9.71. The van der Waals surface area contributed by atoms with E-state index < -0.39 is 0 Å². The Bertz CT molecular complexity index is 498.